The van der Waals surface area contributed by atoms with Gasteiger partial charge < -0.3 is 14.0 Å². The lowest BCUT2D eigenvalue weighted by Gasteiger charge is -2.24. The second kappa shape index (κ2) is 12.3. The molecule has 0 N–H and O–H groups in total. The fourth-order valence-corrected chi connectivity index (χ4v) is 8.32. The lowest BCUT2D eigenvalue weighted by atomic mass is 9.95. The molecule has 7 aromatic carbocycles. The maximum absolute atomic E-state index is 9.77. The normalized spacial score (nSPS) is 12.1. The van der Waals surface area contributed by atoms with Crippen LogP contribution in [-0.4, -0.2) is 9.13 Å². The van der Waals surface area contributed by atoms with Crippen molar-refractivity contribution in [2.75, 3.05) is 4.90 Å². The van der Waals surface area contributed by atoms with Crippen LogP contribution < -0.4 is 4.90 Å². The lowest BCUT2D eigenvalue weighted by Crippen LogP contribution is -2.20. The van der Waals surface area contributed by atoms with Crippen molar-refractivity contribution in [1.82, 2.24) is 9.13 Å². The Morgan fingerprint density at radius 3 is 1.33 bits per heavy atom. The Balaban J connectivity index is 1.23. The molecular weight excluding hydrogens is 675 g/mol. The molecule has 3 heterocycles. The number of nitriles is 1. The zero-order valence-corrected chi connectivity index (χ0v) is 29.3. The van der Waals surface area contributed by atoms with E-state index in [1.165, 1.54) is 11.1 Å². The number of anilines is 1. The third kappa shape index (κ3) is 4.93. The number of hydrogen-bond acceptors (Lipinski definition) is 2. The summed E-state index contributed by atoms with van der Waals surface area (Å²) < 4.78 is 4.48. The van der Waals surface area contributed by atoms with Crippen molar-refractivity contribution in [1.29, 1.82) is 5.26 Å². The van der Waals surface area contributed by atoms with Gasteiger partial charge in [-0.2, -0.15) is 5.26 Å². The molecule has 0 bridgehead atoms. The summed E-state index contributed by atoms with van der Waals surface area (Å²) in [6.45, 7) is 24.5. The van der Waals surface area contributed by atoms with Crippen molar-refractivity contribution in [3.63, 3.8) is 0 Å². The highest BCUT2D eigenvalue weighted by molar-refractivity contribution is 6.12. The Morgan fingerprint density at radius 1 is 0.455 bits per heavy atom. The summed E-state index contributed by atoms with van der Waals surface area (Å²) in [4.78, 5) is 13.5. The molecule has 7 heteroatoms. The maximum atomic E-state index is 9.77. The molecule has 0 amide bonds. The standard InChI is InChI=1S/C48H27N7/c1-50-33-12-18-46-42(22-33)41-21-30(27-49)9-17-45(41)54(46)37-15-10-31-28-53(36-7-5-4-6-8-36)29-32-11-16-38(26-40(32)39(31)25-37)55-47-19-13-34(51-2)23-43(47)44-24-35(52-3)14-20-48(44)55/h4-26H,28-29H2. The van der Waals surface area contributed by atoms with Gasteiger partial charge in [-0.3, -0.25) is 0 Å². The van der Waals surface area contributed by atoms with Crippen LogP contribution in [0.25, 0.3) is 80.6 Å². The van der Waals surface area contributed by atoms with Crippen molar-refractivity contribution in [3.05, 3.63) is 190 Å². The van der Waals surface area contributed by atoms with Gasteiger partial charge in [0.1, 0.15) is 0 Å². The van der Waals surface area contributed by atoms with Crippen LogP contribution in [0, 0.1) is 31.0 Å². The van der Waals surface area contributed by atoms with E-state index in [0.717, 1.165) is 71.8 Å². The summed E-state index contributed by atoms with van der Waals surface area (Å²) in [6.07, 6.45) is 0. The fourth-order valence-electron chi connectivity index (χ4n) is 8.32. The van der Waals surface area contributed by atoms with Gasteiger partial charge in [-0.05, 0) is 129 Å². The maximum Gasteiger partial charge on any atom is 0.188 e. The average Bonchev–Trinajstić information content (AvgIpc) is 3.68. The van der Waals surface area contributed by atoms with E-state index in [2.05, 4.69) is 95.3 Å². The number of fused-ring (bicyclic) bond motifs is 9. The van der Waals surface area contributed by atoms with E-state index in [1.54, 1.807) is 0 Å². The number of para-hydroxylation sites is 1. The fraction of sp³-hybridized carbons (Fsp3) is 0.0417. The van der Waals surface area contributed by atoms with Gasteiger partial charge in [0.15, 0.2) is 17.1 Å². The van der Waals surface area contributed by atoms with Crippen molar-refractivity contribution < 1.29 is 0 Å². The number of nitrogens with zero attached hydrogens (tertiary/aromatic N) is 7. The Kier molecular flexibility index (Phi) is 7.04. The molecule has 0 saturated heterocycles. The summed E-state index contributed by atoms with van der Waals surface area (Å²) >= 11 is 0. The Labute approximate surface area is 316 Å². The minimum Gasteiger partial charge on any atom is -0.363 e. The predicted molar refractivity (Wildman–Crippen MR) is 220 cm³/mol. The van der Waals surface area contributed by atoms with Gasteiger partial charge in [0.25, 0.3) is 0 Å². The van der Waals surface area contributed by atoms with Gasteiger partial charge in [0, 0.05) is 35.5 Å². The highest BCUT2D eigenvalue weighted by Gasteiger charge is 2.24. The smallest absolute Gasteiger partial charge is 0.188 e. The zero-order chi connectivity index (χ0) is 37.2. The predicted octanol–water partition coefficient (Wildman–Crippen LogP) is 12.6. The van der Waals surface area contributed by atoms with Crippen LogP contribution in [0.2, 0.25) is 0 Å². The van der Waals surface area contributed by atoms with E-state index in [1.807, 2.05) is 78.9 Å². The van der Waals surface area contributed by atoms with Crippen molar-refractivity contribution in [3.8, 4) is 28.6 Å². The first-order chi connectivity index (χ1) is 27.0. The minimum absolute atomic E-state index is 0.555. The first-order valence-corrected chi connectivity index (χ1v) is 17.8. The van der Waals surface area contributed by atoms with Crippen LogP contribution in [0.4, 0.5) is 22.7 Å². The first-order valence-electron chi connectivity index (χ1n) is 17.8. The van der Waals surface area contributed by atoms with Crippen LogP contribution in [0.15, 0.2) is 140 Å². The molecule has 7 nitrogen and oxygen atoms in total. The summed E-state index contributed by atoms with van der Waals surface area (Å²) in [6, 6.07) is 49.3. The van der Waals surface area contributed by atoms with Crippen LogP contribution >= 0.6 is 0 Å². The van der Waals surface area contributed by atoms with Gasteiger partial charge in [-0.25, -0.2) is 14.5 Å². The molecule has 55 heavy (non-hydrogen) atoms. The van der Waals surface area contributed by atoms with E-state index in [0.29, 0.717) is 35.7 Å². The molecule has 254 valence electrons. The summed E-state index contributed by atoms with van der Waals surface area (Å²) in [5.74, 6) is 0. The SMILES string of the molecule is [C-]#[N+]c1ccc2c(c1)c1cc(C#N)ccc1n2-c1ccc2c(c1)-c1cc(-n3c4ccc([N+]#[C-])cc4c4cc([N+]#[C-])ccc43)ccc1CN(c1ccccc1)C2. The molecule has 0 unspecified atom stereocenters. The van der Waals surface area contributed by atoms with Gasteiger partial charge in [0.2, 0.25) is 0 Å². The van der Waals surface area contributed by atoms with Crippen molar-refractivity contribution >= 4 is 66.4 Å². The molecule has 2 aromatic heterocycles. The topological polar surface area (TPSA) is 50.0 Å². The quantitative estimate of drug-likeness (QED) is 0.172. The highest BCUT2D eigenvalue weighted by atomic mass is 15.1. The molecule has 0 saturated carbocycles. The molecule has 0 spiro atoms. The Bertz CT molecular complexity index is 2920. The molecule has 0 radical (unpaired) electrons. The monoisotopic (exact) mass is 701 g/mol. The minimum atomic E-state index is 0.555. The average molecular weight is 702 g/mol. The summed E-state index contributed by atoms with van der Waals surface area (Å²) in [5.41, 5.74) is 13.9. The Hall–Kier alpha value is -8.10. The van der Waals surface area contributed by atoms with Crippen LogP contribution in [0.3, 0.4) is 0 Å². The molecule has 0 fully saturated rings. The number of aromatic nitrogens is 2. The van der Waals surface area contributed by atoms with E-state index >= 15 is 0 Å². The van der Waals surface area contributed by atoms with Crippen molar-refractivity contribution in [2.45, 2.75) is 13.1 Å². The molecule has 1 aliphatic rings. The van der Waals surface area contributed by atoms with Gasteiger partial charge in [-0.15, -0.1) is 0 Å². The molecular formula is C48H27N7. The number of rotatable bonds is 3. The molecule has 9 aromatic rings. The molecule has 1 aliphatic heterocycles. The lowest BCUT2D eigenvalue weighted by molar-refractivity contribution is 0.812. The van der Waals surface area contributed by atoms with E-state index in [9.17, 15) is 5.26 Å². The molecule has 0 atom stereocenters. The van der Waals surface area contributed by atoms with Gasteiger partial charge in [-0.1, -0.05) is 48.5 Å². The van der Waals surface area contributed by atoms with Gasteiger partial charge in [0.05, 0.1) is 53.4 Å². The second-order valence-electron chi connectivity index (χ2n) is 13.8. The van der Waals surface area contributed by atoms with Crippen LogP contribution in [0.1, 0.15) is 16.7 Å². The third-order valence-electron chi connectivity index (χ3n) is 10.8. The molecule has 10 rings (SSSR count). The van der Waals surface area contributed by atoms with E-state index < -0.39 is 0 Å². The van der Waals surface area contributed by atoms with Crippen LogP contribution in [0.5, 0.6) is 0 Å². The number of hydrogen-bond donors (Lipinski definition) is 0. The van der Waals surface area contributed by atoms with E-state index in [-0.39, 0.29) is 0 Å². The molecule has 0 aliphatic carbocycles. The number of benzene rings is 7. The zero-order valence-electron chi connectivity index (χ0n) is 29.3. The second-order valence-corrected chi connectivity index (χ2v) is 13.8. The largest absolute Gasteiger partial charge is 0.363 e. The summed E-state index contributed by atoms with van der Waals surface area (Å²) in [7, 11) is 0. The van der Waals surface area contributed by atoms with Crippen molar-refractivity contribution in [2.24, 2.45) is 0 Å². The summed E-state index contributed by atoms with van der Waals surface area (Å²) in [5, 5.41) is 13.5. The Morgan fingerprint density at radius 2 is 0.891 bits per heavy atom. The van der Waals surface area contributed by atoms with Crippen LogP contribution in [-0.2, 0) is 13.1 Å². The third-order valence-corrected chi connectivity index (χ3v) is 10.8. The van der Waals surface area contributed by atoms with Gasteiger partial charge >= 0.3 is 0 Å². The first kappa shape index (κ1) is 31.6. The van der Waals surface area contributed by atoms with E-state index in [4.69, 9.17) is 19.7 Å². The highest BCUT2D eigenvalue weighted by Crippen LogP contribution is 2.42.